The van der Waals surface area contributed by atoms with Crippen molar-refractivity contribution in [1.29, 1.82) is 0 Å². The summed E-state index contributed by atoms with van der Waals surface area (Å²) in [7, 11) is 0. The zero-order valence-electron chi connectivity index (χ0n) is 21.6. The summed E-state index contributed by atoms with van der Waals surface area (Å²) >= 11 is 0. The van der Waals surface area contributed by atoms with Gasteiger partial charge < -0.3 is 19.9 Å². The summed E-state index contributed by atoms with van der Waals surface area (Å²) < 4.78 is 0. The van der Waals surface area contributed by atoms with Crippen LogP contribution < -0.4 is 0 Å². The fourth-order valence-corrected chi connectivity index (χ4v) is 5.56. The molecule has 1 aromatic heterocycles. The molecule has 0 spiro atoms. The zero-order chi connectivity index (χ0) is 26.2. The molecule has 1 aliphatic carbocycles. The number of benzene rings is 3. The Labute approximate surface area is 222 Å². The number of carbonyl (C=O) groups is 2. The van der Waals surface area contributed by atoms with Gasteiger partial charge in [-0.15, -0.1) is 0 Å². The lowest BCUT2D eigenvalue weighted by atomic mass is 10.00. The van der Waals surface area contributed by atoms with E-state index in [4.69, 9.17) is 0 Å². The summed E-state index contributed by atoms with van der Waals surface area (Å²) in [4.78, 5) is 34.0. The van der Waals surface area contributed by atoms with Crippen molar-refractivity contribution in [3.8, 4) is 0 Å². The highest BCUT2D eigenvalue weighted by Crippen LogP contribution is 2.41. The van der Waals surface area contributed by atoms with E-state index in [0.717, 1.165) is 27.6 Å². The first-order valence-electron chi connectivity index (χ1n) is 13.5. The molecule has 0 radical (unpaired) electrons. The second-order valence-electron chi connectivity index (χ2n) is 10.8. The zero-order valence-corrected chi connectivity index (χ0v) is 21.6. The average Bonchev–Trinajstić information content (AvgIpc) is 3.69. The van der Waals surface area contributed by atoms with Crippen LogP contribution in [-0.2, 0) is 17.8 Å². The third kappa shape index (κ3) is 5.09. The van der Waals surface area contributed by atoms with Crippen LogP contribution in [0.4, 0.5) is 0 Å². The van der Waals surface area contributed by atoms with E-state index in [1.807, 2.05) is 53.4 Å². The molecular formula is C32H33N3O3. The van der Waals surface area contributed by atoms with Crippen LogP contribution in [0.15, 0.2) is 78.9 Å². The molecule has 4 aromatic rings. The molecule has 6 rings (SSSR count). The van der Waals surface area contributed by atoms with Gasteiger partial charge in [0, 0.05) is 24.0 Å². The first kappa shape index (κ1) is 24.4. The van der Waals surface area contributed by atoms with Gasteiger partial charge in [-0.3, -0.25) is 9.59 Å². The van der Waals surface area contributed by atoms with Gasteiger partial charge in [0.25, 0.3) is 5.91 Å². The molecule has 2 amide bonds. The number of aromatic nitrogens is 1. The number of hydrogen-bond acceptors (Lipinski definition) is 3. The second-order valence-corrected chi connectivity index (χ2v) is 10.8. The molecule has 1 saturated carbocycles. The Morgan fingerprint density at radius 2 is 1.79 bits per heavy atom. The number of rotatable bonds is 7. The fraction of sp³-hybridized carbons (Fsp3) is 0.312. The van der Waals surface area contributed by atoms with Crippen LogP contribution in [-0.4, -0.2) is 50.8 Å². The summed E-state index contributed by atoms with van der Waals surface area (Å²) in [6, 6.07) is 26.0. The molecule has 3 aromatic carbocycles. The van der Waals surface area contributed by atoms with Gasteiger partial charge in [-0.2, -0.15) is 0 Å². The van der Waals surface area contributed by atoms with Gasteiger partial charge in [0.15, 0.2) is 0 Å². The molecule has 2 aliphatic rings. The van der Waals surface area contributed by atoms with Gasteiger partial charge in [0.2, 0.25) is 5.91 Å². The number of aromatic amines is 1. The number of nitrogens with one attached hydrogen (secondary N) is 1. The SMILES string of the molecule is CC(O)c1cccc(CN2C(=O)CN(C(=O)c3cc4cc(C5CC5)ccc4[nH]3)C[C@@H]2Cc2ccccc2)c1. The monoisotopic (exact) mass is 507 g/mol. The van der Waals surface area contributed by atoms with Crippen molar-refractivity contribution in [3.05, 3.63) is 107 Å². The maximum absolute atomic E-state index is 13.6. The van der Waals surface area contributed by atoms with Crippen molar-refractivity contribution in [1.82, 2.24) is 14.8 Å². The van der Waals surface area contributed by atoms with Crippen LogP contribution in [0.25, 0.3) is 10.9 Å². The topological polar surface area (TPSA) is 76.6 Å². The van der Waals surface area contributed by atoms with Crippen molar-refractivity contribution in [2.45, 2.75) is 50.8 Å². The van der Waals surface area contributed by atoms with Crippen LogP contribution in [0.1, 0.15) is 64.5 Å². The first-order valence-corrected chi connectivity index (χ1v) is 13.5. The number of nitrogens with zero attached hydrogens (tertiary/aromatic N) is 2. The number of hydrogen-bond donors (Lipinski definition) is 2. The third-order valence-corrected chi connectivity index (χ3v) is 7.83. The lowest BCUT2D eigenvalue weighted by molar-refractivity contribution is -0.139. The van der Waals surface area contributed by atoms with Crippen LogP contribution >= 0.6 is 0 Å². The third-order valence-electron chi connectivity index (χ3n) is 7.83. The van der Waals surface area contributed by atoms with Gasteiger partial charge >= 0.3 is 0 Å². The normalized spacial score (nSPS) is 18.7. The lowest BCUT2D eigenvalue weighted by Crippen LogP contribution is -2.58. The summed E-state index contributed by atoms with van der Waals surface area (Å²) in [5.74, 6) is 0.440. The number of aliphatic hydroxyl groups is 1. The van der Waals surface area contributed by atoms with Gasteiger partial charge in [0.05, 0.1) is 12.1 Å². The van der Waals surface area contributed by atoms with Gasteiger partial charge in [-0.05, 0) is 72.6 Å². The number of amides is 2. The molecule has 1 unspecified atom stereocenters. The molecule has 6 heteroatoms. The maximum atomic E-state index is 13.6. The minimum absolute atomic E-state index is 0.0445. The predicted octanol–water partition coefficient (Wildman–Crippen LogP) is 5.19. The molecule has 2 N–H and O–H groups in total. The Morgan fingerprint density at radius 3 is 2.55 bits per heavy atom. The molecule has 6 nitrogen and oxygen atoms in total. The summed E-state index contributed by atoms with van der Waals surface area (Å²) in [6.07, 6.45) is 2.56. The quantitative estimate of drug-likeness (QED) is 0.361. The van der Waals surface area contributed by atoms with Gasteiger partial charge in [-0.1, -0.05) is 60.7 Å². The van der Waals surface area contributed by atoms with Crippen LogP contribution in [0, 0.1) is 0 Å². The van der Waals surface area contributed by atoms with E-state index in [9.17, 15) is 14.7 Å². The Balaban J connectivity index is 1.25. The number of aliphatic hydroxyl groups excluding tert-OH is 1. The van der Waals surface area contributed by atoms with Crippen molar-refractivity contribution in [2.75, 3.05) is 13.1 Å². The Kier molecular flexibility index (Phi) is 6.50. The summed E-state index contributed by atoms with van der Waals surface area (Å²) in [6.45, 7) is 2.68. The molecule has 1 aliphatic heterocycles. The van der Waals surface area contributed by atoms with Crippen molar-refractivity contribution >= 4 is 22.7 Å². The predicted molar refractivity (Wildman–Crippen MR) is 148 cm³/mol. The number of H-pyrrole nitrogens is 1. The standard InChI is InChI=1S/C32H33N3O3/c1-21(36)25-9-5-8-23(14-25)18-35-28(15-22-6-3-2-4-7-22)19-34(20-31(35)37)32(38)30-17-27-16-26(24-10-11-24)12-13-29(27)33-30/h2-9,12-14,16-17,21,24,28,33,36H,10-11,15,18-20H2,1H3/t21?,28-/m0/s1. The number of fused-ring (bicyclic) bond motifs is 1. The molecule has 38 heavy (non-hydrogen) atoms. The first-order chi connectivity index (χ1) is 18.4. The Hall–Kier alpha value is -3.90. The van der Waals surface area contributed by atoms with Crippen molar-refractivity contribution < 1.29 is 14.7 Å². The van der Waals surface area contributed by atoms with E-state index in [2.05, 4.69) is 35.3 Å². The molecule has 2 atom stereocenters. The van der Waals surface area contributed by atoms with E-state index in [-0.39, 0.29) is 24.4 Å². The van der Waals surface area contributed by atoms with E-state index in [1.165, 1.54) is 18.4 Å². The Bertz CT molecular complexity index is 1470. The highest BCUT2D eigenvalue weighted by Gasteiger charge is 2.35. The molecular weight excluding hydrogens is 474 g/mol. The molecule has 2 fully saturated rings. The highest BCUT2D eigenvalue weighted by atomic mass is 16.3. The average molecular weight is 508 g/mol. The van der Waals surface area contributed by atoms with E-state index < -0.39 is 6.10 Å². The summed E-state index contributed by atoms with van der Waals surface area (Å²) in [5, 5.41) is 11.1. The number of piperazine rings is 1. The fourth-order valence-electron chi connectivity index (χ4n) is 5.56. The lowest BCUT2D eigenvalue weighted by Gasteiger charge is -2.41. The molecule has 194 valence electrons. The Morgan fingerprint density at radius 1 is 1.00 bits per heavy atom. The van der Waals surface area contributed by atoms with Crippen molar-refractivity contribution in [2.24, 2.45) is 0 Å². The van der Waals surface area contributed by atoms with Crippen LogP contribution in [0.5, 0.6) is 0 Å². The van der Waals surface area contributed by atoms with Crippen LogP contribution in [0.3, 0.4) is 0 Å². The highest BCUT2D eigenvalue weighted by molar-refractivity contribution is 6.00. The number of carbonyl (C=O) groups excluding carboxylic acids is 2. The minimum Gasteiger partial charge on any atom is -0.389 e. The second kappa shape index (κ2) is 10.1. The van der Waals surface area contributed by atoms with Gasteiger partial charge in [-0.25, -0.2) is 0 Å². The van der Waals surface area contributed by atoms with Gasteiger partial charge in [0.1, 0.15) is 12.2 Å². The van der Waals surface area contributed by atoms with Crippen LogP contribution in [0.2, 0.25) is 0 Å². The van der Waals surface area contributed by atoms with Crippen molar-refractivity contribution in [3.63, 3.8) is 0 Å². The van der Waals surface area contributed by atoms with E-state index >= 15 is 0 Å². The smallest absolute Gasteiger partial charge is 0.270 e. The van der Waals surface area contributed by atoms with E-state index in [0.29, 0.717) is 31.1 Å². The largest absolute Gasteiger partial charge is 0.389 e. The minimum atomic E-state index is -0.572. The van der Waals surface area contributed by atoms with E-state index in [1.54, 1.807) is 11.8 Å². The summed E-state index contributed by atoms with van der Waals surface area (Å²) in [5.41, 5.74) is 5.73. The molecule has 0 bridgehead atoms. The maximum Gasteiger partial charge on any atom is 0.270 e. The molecule has 1 saturated heterocycles. The molecule has 2 heterocycles.